The standard InChI is InChI=1S/C26H28N2O5/c1-5-32-26(31)23-22(17(3)29)18(4)33-25(23)28-21(30)15-27-24(19-9-7-6-8-10-19)20-13-11-16(2)12-14-20/h6-14,24,27H,5,15H2,1-4H3,(H,28,30)/t24-/m0/s1. The molecule has 7 heteroatoms. The molecule has 0 saturated heterocycles. The fourth-order valence-electron chi connectivity index (χ4n) is 3.65. The van der Waals surface area contributed by atoms with Crippen LogP contribution in [0.15, 0.2) is 59.0 Å². The van der Waals surface area contributed by atoms with Crippen LogP contribution in [0.3, 0.4) is 0 Å². The monoisotopic (exact) mass is 448 g/mol. The van der Waals surface area contributed by atoms with Crippen LogP contribution in [0.2, 0.25) is 0 Å². The minimum absolute atomic E-state index is 0.0507. The molecule has 0 spiro atoms. The topological polar surface area (TPSA) is 97.6 Å². The van der Waals surface area contributed by atoms with Gasteiger partial charge in [0.1, 0.15) is 11.3 Å². The average Bonchev–Trinajstić information content (AvgIpc) is 3.11. The summed E-state index contributed by atoms with van der Waals surface area (Å²) >= 11 is 0. The minimum atomic E-state index is -0.718. The second-order valence-electron chi connectivity index (χ2n) is 7.70. The van der Waals surface area contributed by atoms with Gasteiger partial charge in [-0.3, -0.25) is 20.2 Å². The van der Waals surface area contributed by atoms with Crippen molar-refractivity contribution in [3.05, 3.63) is 88.2 Å². The third-order valence-corrected chi connectivity index (χ3v) is 5.18. The molecule has 0 aliphatic rings. The Bertz CT molecular complexity index is 1130. The molecule has 3 rings (SSSR count). The minimum Gasteiger partial charge on any atom is -0.462 e. The Morgan fingerprint density at radius 1 is 0.939 bits per heavy atom. The van der Waals surface area contributed by atoms with E-state index in [2.05, 4.69) is 10.6 Å². The van der Waals surface area contributed by atoms with E-state index in [1.807, 2.05) is 61.5 Å². The number of Topliss-reactive ketones (excluding diaryl/α,β-unsaturated/α-hetero) is 1. The maximum atomic E-state index is 12.8. The molecule has 1 heterocycles. The highest BCUT2D eigenvalue weighted by atomic mass is 16.5. The van der Waals surface area contributed by atoms with Crippen molar-refractivity contribution in [3.8, 4) is 0 Å². The van der Waals surface area contributed by atoms with E-state index in [1.54, 1.807) is 13.8 Å². The second-order valence-corrected chi connectivity index (χ2v) is 7.70. The maximum Gasteiger partial charge on any atom is 0.344 e. The van der Waals surface area contributed by atoms with Crippen LogP contribution < -0.4 is 10.6 Å². The lowest BCUT2D eigenvalue weighted by atomic mass is 9.98. The number of aryl methyl sites for hydroxylation is 2. The fraction of sp³-hybridized carbons (Fsp3) is 0.269. The molecule has 0 aliphatic carbocycles. The zero-order chi connectivity index (χ0) is 24.0. The van der Waals surface area contributed by atoms with E-state index in [0.717, 1.165) is 16.7 Å². The van der Waals surface area contributed by atoms with Crippen LogP contribution in [0.4, 0.5) is 5.88 Å². The van der Waals surface area contributed by atoms with Gasteiger partial charge in [-0.25, -0.2) is 4.79 Å². The molecule has 172 valence electrons. The summed E-state index contributed by atoms with van der Waals surface area (Å²) in [6.07, 6.45) is 0. The summed E-state index contributed by atoms with van der Waals surface area (Å²) in [7, 11) is 0. The van der Waals surface area contributed by atoms with E-state index < -0.39 is 11.9 Å². The maximum absolute atomic E-state index is 12.8. The van der Waals surface area contributed by atoms with E-state index in [9.17, 15) is 14.4 Å². The first-order valence-electron chi connectivity index (χ1n) is 10.8. The SMILES string of the molecule is CCOC(=O)c1c(NC(=O)CN[C@@H](c2ccccc2)c2ccc(C)cc2)oc(C)c1C(C)=O. The predicted octanol–water partition coefficient (Wildman–Crippen LogP) is 4.59. The number of benzene rings is 2. The molecule has 0 fully saturated rings. The molecule has 1 aromatic heterocycles. The average molecular weight is 449 g/mol. The first-order valence-corrected chi connectivity index (χ1v) is 10.8. The smallest absolute Gasteiger partial charge is 0.344 e. The number of carbonyl (C=O) groups is 3. The van der Waals surface area contributed by atoms with Gasteiger partial charge in [-0.15, -0.1) is 0 Å². The van der Waals surface area contributed by atoms with Gasteiger partial charge in [-0.2, -0.15) is 0 Å². The quantitative estimate of drug-likeness (QED) is 0.367. The number of amides is 1. The van der Waals surface area contributed by atoms with Gasteiger partial charge in [0.2, 0.25) is 11.8 Å². The lowest BCUT2D eigenvalue weighted by Crippen LogP contribution is -2.32. The molecule has 7 nitrogen and oxygen atoms in total. The Balaban J connectivity index is 1.81. The Labute approximate surface area is 193 Å². The Kier molecular flexibility index (Phi) is 7.79. The number of hydrogen-bond donors (Lipinski definition) is 2. The van der Waals surface area contributed by atoms with Crippen molar-refractivity contribution < 1.29 is 23.5 Å². The van der Waals surface area contributed by atoms with Gasteiger partial charge in [0.05, 0.1) is 24.8 Å². The molecular weight excluding hydrogens is 420 g/mol. The normalized spacial score (nSPS) is 11.6. The zero-order valence-corrected chi connectivity index (χ0v) is 19.2. The molecule has 3 aromatic rings. The first kappa shape index (κ1) is 23.9. The lowest BCUT2D eigenvalue weighted by molar-refractivity contribution is -0.115. The second kappa shape index (κ2) is 10.7. The summed E-state index contributed by atoms with van der Waals surface area (Å²) in [6.45, 7) is 6.66. The summed E-state index contributed by atoms with van der Waals surface area (Å²) in [5.41, 5.74) is 3.21. The zero-order valence-electron chi connectivity index (χ0n) is 19.2. The molecule has 1 atom stereocenters. The molecule has 2 aromatic carbocycles. The molecular formula is C26H28N2O5. The van der Waals surface area contributed by atoms with Crippen molar-refractivity contribution in [1.29, 1.82) is 0 Å². The summed E-state index contributed by atoms with van der Waals surface area (Å²) in [4.78, 5) is 37.3. The van der Waals surface area contributed by atoms with Crippen molar-refractivity contribution in [1.82, 2.24) is 5.32 Å². The van der Waals surface area contributed by atoms with Crippen LogP contribution in [0, 0.1) is 13.8 Å². The van der Waals surface area contributed by atoms with Crippen molar-refractivity contribution in [3.63, 3.8) is 0 Å². The van der Waals surface area contributed by atoms with Gasteiger partial charge in [0.25, 0.3) is 0 Å². The number of hydrogen-bond acceptors (Lipinski definition) is 6. The van der Waals surface area contributed by atoms with Gasteiger partial charge in [-0.05, 0) is 38.8 Å². The number of esters is 1. The van der Waals surface area contributed by atoms with Crippen LogP contribution in [-0.2, 0) is 9.53 Å². The summed E-state index contributed by atoms with van der Waals surface area (Å²) in [5.74, 6) is -1.33. The van der Waals surface area contributed by atoms with Crippen LogP contribution in [0.25, 0.3) is 0 Å². The third kappa shape index (κ3) is 5.75. The number of ether oxygens (including phenoxy) is 1. The summed E-state index contributed by atoms with van der Waals surface area (Å²) in [6, 6.07) is 17.7. The van der Waals surface area contributed by atoms with E-state index in [-0.39, 0.29) is 47.7 Å². The molecule has 1 amide bonds. The van der Waals surface area contributed by atoms with Crippen molar-refractivity contribution in [2.75, 3.05) is 18.5 Å². The van der Waals surface area contributed by atoms with Crippen molar-refractivity contribution in [2.45, 2.75) is 33.7 Å². The molecule has 33 heavy (non-hydrogen) atoms. The van der Waals surface area contributed by atoms with Crippen molar-refractivity contribution in [2.24, 2.45) is 0 Å². The van der Waals surface area contributed by atoms with E-state index >= 15 is 0 Å². The predicted molar refractivity (Wildman–Crippen MR) is 126 cm³/mol. The number of furan rings is 1. The number of anilines is 1. The number of nitrogens with one attached hydrogen (secondary N) is 2. The van der Waals surface area contributed by atoms with Gasteiger partial charge in [0, 0.05) is 0 Å². The molecule has 0 unspecified atom stereocenters. The van der Waals surface area contributed by atoms with Crippen LogP contribution in [0.1, 0.15) is 63.1 Å². The van der Waals surface area contributed by atoms with Crippen LogP contribution >= 0.6 is 0 Å². The third-order valence-electron chi connectivity index (χ3n) is 5.18. The first-order chi connectivity index (χ1) is 15.8. The van der Waals surface area contributed by atoms with E-state index in [1.165, 1.54) is 6.92 Å². The molecule has 0 radical (unpaired) electrons. The fourth-order valence-corrected chi connectivity index (χ4v) is 3.65. The molecule has 0 bridgehead atoms. The largest absolute Gasteiger partial charge is 0.462 e. The highest BCUT2D eigenvalue weighted by molar-refractivity contribution is 6.10. The van der Waals surface area contributed by atoms with Gasteiger partial charge < -0.3 is 9.15 Å². The number of ketones is 1. The Hall–Kier alpha value is -3.71. The molecule has 0 aliphatic heterocycles. The van der Waals surface area contributed by atoms with E-state index in [4.69, 9.17) is 9.15 Å². The van der Waals surface area contributed by atoms with Gasteiger partial charge >= 0.3 is 5.97 Å². The van der Waals surface area contributed by atoms with Crippen LogP contribution in [-0.4, -0.2) is 30.8 Å². The van der Waals surface area contributed by atoms with Crippen LogP contribution in [0.5, 0.6) is 0 Å². The van der Waals surface area contributed by atoms with E-state index in [0.29, 0.717) is 0 Å². The lowest BCUT2D eigenvalue weighted by Gasteiger charge is -2.20. The van der Waals surface area contributed by atoms with Gasteiger partial charge in [-0.1, -0.05) is 60.2 Å². The highest BCUT2D eigenvalue weighted by Crippen LogP contribution is 2.29. The van der Waals surface area contributed by atoms with Gasteiger partial charge in [0.15, 0.2) is 5.78 Å². The summed E-state index contributed by atoms with van der Waals surface area (Å²) in [5, 5.41) is 5.89. The highest BCUT2D eigenvalue weighted by Gasteiger charge is 2.29. The molecule has 0 saturated carbocycles. The Morgan fingerprint density at radius 2 is 1.58 bits per heavy atom. The number of rotatable bonds is 9. The summed E-state index contributed by atoms with van der Waals surface area (Å²) < 4.78 is 10.6. The molecule has 2 N–H and O–H groups in total. The number of carbonyl (C=O) groups excluding carboxylic acids is 3. The van der Waals surface area contributed by atoms with Crippen molar-refractivity contribution >= 4 is 23.5 Å². The Morgan fingerprint density at radius 3 is 2.18 bits per heavy atom.